The van der Waals surface area contributed by atoms with Gasteiger partial charge in [-0.05, 0) is 43.9 Å². The van der Waals surface area contributed by atoms with Crippen LogP contribution in [-0.4, -0.2) is 35.9 Å². The molecular weight excluding hydrogens is 304 g/mol. The van der Waals surface area contributed by atoms with E-state index >= 15 is 0 Å². The molecule has 1 N–H and O–H groups in total. The van der Waals surface area contributed by atoms with E-state index in [-0.39, 0.29) is 17.9 Å². The fourth-order valence-electron chi connectivity index (χ4n) is 3.39. The molecule has 0 spiro atoms. The van der Waals surface area contributed by atoms with Gasteiger partial charge in [-0.25, -0.2) is 0 Å². The van der Waals surface area contributed by atoms with Crippen molar-refractivity contribution >= 4 is 17.5 Å². The van der Waals surface area contributed by atoms with Crippen LogP contribution in [0.1, 0.15) is 48.9 Å². The Hall–Kier alpha value is -2.30. The van der Waals surface area contributed by atoms with Crippen LogP contribution in [0.25, 0.3) is 0 Å². The second kappa shape index (κ2) is 7.51. The van der Waals surface area contributed by atoms with Crippen LogP contribution in [0.4, 0.5) is 5.69 Å². The lowest BCUT2D eigenvalue weighted by atomic mass is 9.97. The summed E-state index contributed by atoms with van der Waals surface area (Å²) < 4.78 is 5.80. The molecule has 1 aromatic carbocycles. The Labute approximate surface area is 142 Å². The van der Waals surface area contributed by atoms with Gasteiger partial charge in [0.1, 0.15) is 5.75 Å². The van der Waals surface area contributed by atoms with E-state index in [0.717, 1.165) is 25.8 Å². The number of anilines is 1. The highest BCUT2D eigenvalue weighted by atomic mass is 16.5. The molecule has 1 fully saturated rings. The average molecular weight is 328 g/mol. The van der Waals surface area contributed by atoms with Gasteiger partial charge in [-0.2, -0.15) is 0 Å². The molecule has 5 nitrogen and oxygen atoms in total. The fourth-order valence-corrected chi connectivity index (χ4v) is 3.39. The summed E-state index contributed by atoms with van der Waals surface area (Å²) in [6.07, 6.45) is 6.88. The maximum atomic E-state index is 13.0. The van der Waals surface area contributed by atoms with E-state index in [1.165, 1.54) is 6.42 Å². The van der Waals surface area contributed by atoms with E-state index in [1.54, 1.807) is 24.3 Å². The van der Waals surface area contributed by atoms with Crippen molar-refractivity contribution < 1.29 is 14.3 Å². The van der Waals surface area contributed by atoms with Crippen molar-refractivity contribution in [3.63, 3.8) is 0 Å². The average Bonchev–Trinajstić information content (AvgIpc) is 2.59. The Balaban J connectivity index is 1.82. The number of carbonyl (C=O) groups is 2. The van der Waals surface area contributed by atoms with Crippen LogP contribution in [0.3, 0.4) is 0 Å². The number of amides is 2. The molecule has 2 heterocycles. The molecule has 3 rings (SSSR count). The lowest BCUT2D eigenvalue weighted by Crippen LogP contribution is -2.45. The summed E-state index contributed by atoms with van der Waals surface area (Å²) in [5.41, 5.74) is 1.18. The molecule has 0 bridgehead atoms. The number of hydrogen-bond acceptors (Lipinski definition) is 3. The quantitative estimate of drug-likeness (QED) is 0.862. The third-order valence-corrected chi connectivity index (χ3v) is 4.67. The molecular formula is C19H24N2O3. The zero-order valence-electron chi connectivity index (χ0n) is 13.9. The van der Waals surface area contributed by atoms with Gasteiger partial charge in [-0.15, -0.1) is 6.58 Å². The monoisotopic (exact) mass is 328 g/mol. The SMILES string of the molecule is C=CCCC(=O)Nc1ccc2c(c1)C(=O)N1CCCCC1CCO2. The van der Waals surface area contributed by atoms with Crippen molar-refractivity contribution in [3.8, 4) is 5.75 Å². The number of benzene rings is 1. The van der Waals surface area contributed by atoms with Gasteiger partial charge in [0.2, 0.25) is 5.91 Å². The minimum absolute atomic E-state index is 0.0107. The molecule has 1 atom stereocenters. The molecule has 5 heteroatoms. The highest BCUT2D eigenvalue weighted by molar-refractivity contribution is 5.99. The molecule has 1 saturated heterocycles. The predicted octanol–water partition coefficient (Wildman–Crippen LogP) is 3.37. The third kappa shape index (κ3) is 3.61. The van der Waals surface area contributed by atoms with Crippen LogP contribution in [0.15, 0.2) is 30.9 Å². The zero-order chi connectivity index (χ0) is 16.9. The molecule has 2 aliphatic rings. The molecule has 1 unspecified atom stereocenters. The number of ether oxygens (including phenoxy) is 1. The van der Waals surface area contributed by atoms with Gasteiger partial charge in [0.15, 0.2) is 0 Å². The van der Waals surface area contributed by atoms with Gasteiger partial charge in [0, 0.05) is 31.1 Å². The van der Waals surface area contributed by atoms with Crippen LogP contribution >= 0.6 is 0 Å². The molecule has 2 amide bonds. The van der Waals surface area contributed by atoms with Crippen molar-refractivity contribution in [2.75, 3.05) is 18.5 Å². The minimum Gasteiger partial charge on any atom is -0.493 e. The smallest absolute Gasteiger partial charge is 0.257 e. The summed E-state index contributed by atoms with van der Waals surface area (Å²) in [6, 6.07) is 5.57. The topological polar surface area (TPSA) is 58.6 Å². The van der Waals surface area contributed by atoms with E-state index < -0.39 is 0 Å². The predicted molar refractivity (Wildman–Crippen MR) is 93.3 cm³/mol. The number of carbonyl (C=O) groups excluding carboxylic acids is 2. The summed E-state index contributed by atoms with van der Waals surface area (Å²) in [4.78, 5) is 26.8. The summed E-state index contributed by atoms with van der Waals surface area (Å²) in [7, 11) is 0. The van der Waals surface area contributed by atoms with Gasteiger partial charge in [-0.1, -0.05) is 6.08 Å². The highest BCUT2D eigenvalue weighted by Crippen LogP contribution is 2.30. The number of nitrogens with one attached hydrogen (secondary N) is 1. The molecule has 1 aromatic rings. The molecule has 0 saturated carbocycles. The van der Waals surface area contributed by atoms with Crippen LogP contribution in [-0.2, 0) is 4.79 Å². The number of rotatable bonds is 4. The Morgan fingerprint density at radius 2 is 2.25 bits per heavy atom. The standard InChI is InChI=1S/C19H24N2O3/c1-2-3-7-18(22)20-14-8-9-17-16(13-14)19(23)21-11-5-4-6-15(21)10-12-24-17/h2,8-9,13,15H,1,3-7,10-12H2,(H,20,22). The summed E-state index contributed by atoms with van der Waals surface area (Å²) >= 11 is 0. The number of hydrogen-bond donors (Lipinski definition) is 1. The van der Waals surface area contributed by atoms with Crippen LogP contribution < -0.4 is 10.1 Å². The lowest BCUT2D eigenvalue weighted by molar-refractivity contribution is -0.116. The Morgan fingerprint density at radius 1 is 1.38 bits per heavy atom. The van der Waals surface area contributed by atoms with E-state index in [1.807, 2.05) is 4.90 Å². The van der Waals surface area contributed by atoms with Gasteiger partial charge in [0.05, 0.1) is 12.2 Å². The summed E-state index contributed by atoms with van der Waals surface area (Å²) in [5, 5.41) is 2.84. The fraction of sp³-hybridized carbons (Fsp3) is 0.474. The van der Waals surface area contributed by atoms with Crippen LogP contribution in [0, 0.1) is 0 Å². The maximum absolute atomic E-state index is 13.0. The third-order valence-electron chi connectivity index (χ3n) is 4.67. The summed E-state index contributed by atoms with van der Waals surface area (Å²) in [6.45, 7) is 5.04. The minimum atomic E-state index is -0.0788. The first-order chi connectivity index (χ1) is 11.7. The van der Waals surface area contributed by atoms with Crippen molar-refractivity contribution in [1.82, 2.24) is 4.90 Å². The van der Waals surface area contributed by atoms with Crippen molar-refractivity contribution in [2.24, 2.45) is 0 Å². The molecule has 128 valence electrons. The molecule has 2 aliphatic heterocycles. The van der Waals surface area contributed by atoms with Crippen molar-refractivity contribution in [3.05, 3.63) is 36.4 Å². The molecule has 0 aliphatic carbocycles. The van der Waals surface area contributed by atoms with Crippen molar-refractivity contribution in [2.45, 2.75) is 44.6 Å². The Morgan fingerprint density at radius 3 is 3.08 bits per heavy atom. The highest BCUT2D eigenvalue weighted by Gasteiger charge is 2.31. The lowest BCUT2D eigenvalue weighted by Gasteiger charge is -2.37. The maximum Gasteiger partial charge on any atom is 0.257 e. The van der Waals surface area contributed by atoms with Crippen LogP contribution in [0.5, 0.6) is 5.75 Å². The summed E-state index contributed by atoms with van der Waals surface area (Å²) in [5.74, 6) is 0.537. The van der Waals surface area contributed by atoms with Gasteiger partial charge in [0.25, 0.3) is 5.91 Å². The molecule has 24 heavy (non-hydrogen) atoms. The zero-order valence-corrected chi connectivity index (χ0v) is 13.9. The Bertz CT molecular complexity index is 641. The number of nitrogens with zero attached hydrogens (tertiary/aromatic N) is 1. The molecule has 0 radical (unpaired) electrons. The normalized spacial score (nSPS) is 20.1. The largest absolute Gasteiger partial charge is 0.493 e. The second-order valence-corrected chi connectivity index (χ2v) is 6.37. The molecule has 0 aromatic heterocycles. The number of allylic oxidation sites excluding steroid dienone is 1. The van der Waals surface area contributed by atoms with Crippen LogP contribution in [0.2, 0.25) is 0 Å². The van der Waals surface area contributed by atoms with E-state index in [9.17, 15) is 9.59 Å². The van der Waals surface area contributed by atoms with Gasteiger partial charge >= 0.3 is 0 Å². The van der Waals surface area contributed by atoms with E-state index in [0.29, 0.717) is 36.4 Å². The number of piperidine rings is 1. The Kier molecular flexibility index (Phi) is 5.18. The second-order valence-electron chi connectivity index (χ2n) is 6.37. The van der Waals surface area contributed by atoms with Crippen molar-refractivity contribution in [1.29, 1.82) is 0 Å². The van der Waals surface area contributed by atoms with E-state index in [2.05, 4.69) is 11.9 Å². The van der Waals surface area contributed by atoms with Gasteiger partial charge < -0.3 is 15.0 Å². The first kappa shape index (κ1) is 16.6. The first-order valence-electron chi connectivity index (χ1n) is 8.67. The number of fused-ring (bicyclic) bond motifs is 2. The van der Waals surface area contributed by atoms with Gasteiger partial charge in [-0.3, -0.25) is 9.59 Å². The van der Waals surface area contributed by atoms with E-state index in [4.69, 9.17) is 4.74 Å². The first-order valence-corrected chi connectivity index (χ1v) is 8.67.